The van der Waals surface area contributed by atoms with E-state index in [1.54, 1.807) is 0 Å². The van der Waals surface area contributed by atoms with Crippen molar-refractivity contribution in [1.82, 2.24) is 19.7 Å². The molecule has 1 aliphatic heterocycles. The molecule has 0 amide bonds. The third-order valence-electron chi connectivity index (χ3n) is 5.31. The Bertz CT molecular complexity index is 1410. The molecule has 156 valence electrons. The highest BCUT2D eigenvalue weighted by atomic mass is 16.5. The number of rotatable bonds is 2. The number of fused-ring (bicyclic) bond motifs is 2. The maximum Gasteiger partial charge on any atom is 0.264 e. The monoisotopic (exact) mass is 417 g/mol. The van der Waals surface area contributed by atoms with E-state index in [-0.39, 0.29) is 35.7 Å². The molecule has 1 saturated heterocycles. The molecule has 0 bridgehead atoms. The van der Waals surface area contributed by atoms with Crippen molar-refractivity contribution >= 4 is 27.8 Å². The molecule has 3 atom stereocenters. The lowest BCUT2D eigenvalue weighted by Gasteiger charge is -2.12. The molecule has 0 aliphatic carbocycles. The Labute approximate surface area is 176 Å². The first kappa shape index (κ1) is 19.3. The van der Waals surface area contributed by atoms with Gasteiger partial charge in [-0.25, -0.2) is 4.68 Å². The van der Waals surface area contributed by atoms with Gasteiger partial charge in [0.05, 0.1) is 12.7 Å². The predicted octanol–water partition coefficient (Wildman–Crippen LogP) is 0.895. The van der Waals surface area contributed by atoms with Crippen molar-refractivity contribution in [1.29, 1.82) is 0 Å². The summed E-state index contributed by atoms with van der Waals surface area (Å²) >= 11 is 0. The average Bonchev–Trinajstić information content (AvgIpc) is 3.32. The molecule has 0 saturated carbocycles. The zero-order chi connectivity index (χ0) is 21.5. The number of hydrogen-bond donors (Lipinski definition) is 4. The van der Waals surface area contributed by atoms with Crippen LogP contribution in [0.3, 0.4) is 0 Å². The van der Waals surface area contributed by atoms with Crippen LogP contribution in [0.4, 0.5) is 5.95 Å². The molecule has 0 spiro atoms. The summed E-state index contributed by atoms with van der Waals surface area (Å²) in [5.41, 5.74) is 6.47. The molecule has 2 aromatic carbocycles. The van der Waals surface area contributed by atoms with Crippen LogP contribution in [0, 0.1) is 11.8 Å². The minimum absolute atomic E-state index is 0.0649. The van der Waals surface area contributed by atoms with Crippen LogP contribution in [0.5, 0.6) is 0 Å². The third-order valence-corrected chi connectivity index (χ3v) is 5.31. The lowest BCUT2D eigenvalue weighted by molar-refractivity contribution is -0.0470. The maximum atomic E-state index is 12.6. The number of aliphatic hydroxyl groups is 2. The number of nitrogens with zero attached hydrogens (tertiary/aromatic N) is 3. The number of anilines is 1. The van der Waals surface area contributed by atoms with Crippen molar-refractivity contribution < 1.29 is 14.9 Å². The van der Waals surface area contributed by atoms with Gasteiger partial charge in [0.15, 0.2) is 17.6 Å². The molecule has 1 aliphatic rings. The molecule has 3 heterocycles. The Balaban J connectivity index is 1.61. The van der Waals surface area contributed by atoms with E-state index in [0.717, 1.165) is 16.3 Å². The van der Waals surface area contributed by atoms with Gasteiger partial charge in [0.25, 0.3) is 5.56 Å². The van der Waals surface area contributed by atoms with E-state index in [4.69, 9.17) is 10.5 Å². The first-order valence-electron chi connectivity index (χ1n) is 9.76. The highest BCUT2D eigenvalue weighted by Crippen LogP contribution is 2.30. The van der Waals surface area contributed by atoms with E-state index in [9.17, 15) is 15.0 Å². The normalized spacial score (nSPS) is 20.8. The van der Waals surface area contributed by atoms with E-state index in [1.807, 2.05) is 42.5 Å². The number of nitrogens with one attached hydrogen (secondary N) is 1. The zero-order valence-corrected chi connectivity index (χ0v) is 16.3. The molecule has 31 heavy (non-hydrogen) atoms. The highest BCUT2D eigenvalue weighted by Gasteiger charge is 2.36. The number of ether oxygens (including phenoxy) is 1. The second-order valence-electron chi connectivity index (χ2n) is 7.37. The molecule has 0 radical (unpaired) electrons. The second kappa shape index (κ2) is 7.52. The fourth-order valence-electron chi connectivity index (χ4n) is 3.78. The number of benzene rings is 2. The van der Waals surface area contributed by atoms with Crippen molar-refractivity contribution in [2.24, 2.45) is 0 Å². The quantitative estimate of drug-likeness (QED) is 0.355. The van der Waals surface area contributed by atoms with Gasteiger partial charge < -0.3 is 20.7 Å². The van der Waals surface area contributed by atoms with Crippen LogP contribution in [-0.4, -0.2) is 48.8 Å². The molecule has 5 N–H and O–H groups in total. The van der Waals surface area contributed by atoms with E-state index in [1.165, 1.54) is 4.68 Å². The Kier molecular flexibility index (Phi) is 4.67. The van der Waals surface area contributed by atoms with Gasteiger partial charge in [-0.1, -0.05) is 36.3 Å². The molecule has 4 aromatic rings. The van der Waals surface area contributed by atoms with Crippen LogP contribution in [0.25, 0.3) is 21.8 Å². The van der Waals surface area contributed by atoms with E-state index < -0.39 is 24.0 Å². The fourth-order valence-corrected chi connectivity index (χ4v) is 3.78. The molecular formula is C22H19N5O4. The Morgan fingerprint density at radius 1 is 1.23 bits per heavy atom. The fraction of sp³-hybridized carbons (Fsp3) is 0.227. The second-order valence-corrected chi connectivity index (χ2v) is 7.37. The summed E-state index contributed by atoms with van der Waals surface area (Å²) in [5.74, 6) is 5.95. The van der Waals surface area contributed by atoms with E-state index >= 15 is 0 Å². The van der Waals surface area contributed by atoms with Crippen molar-refractivity contribution in [3.8, 4) is 11.8 Å². The first-order valence-corrected chi connectivity index (χ1v) is 9.76. The topological polar surface area (TPSA) is 139 Å². The highest BCUT2D eigenvalue weighted by molar-refractivity contribution is 5.84. The van der Waals surface area contributed by atoms with Crippen LogP contribution >= 0.6 is 0 Å². The molecule has 0 unspecified atom stereocenters. The Morgan fingerprint density at radius 2 is 2.03 bits per heavy atom. The van der Waals surface area contributed by atoms with Crippen LogP contribution in [0.2, 0.25) is 0 Å². The van der Waals surface area contributed by atoms with Crippen LogP contribution in [0.1, 0.15) is 23.9 Å². The number of hydrogen-bond acceptors (Lipinski definition) is 7. The summed E-state index contributed by atoms with van der Waals surface area (Å²) in [5, 5.41) is 26.2. The van der Waals surface area contributed by atoms with Gasteiger partial charge >= 0.3 is 0 Å². The molecule has 9 nitrogen and oxygen atoms in total. The summed E-state index contributed by atoms with van der Waals surface area (Å²) in [7, 11) is 0. The number of H-pyrrole nitrogens is 1. The van der Waals surface area contributed by atoms with Gasteiger partial charge in [0.2, 0.25) is 5.95 Å². The Morgan fingerprint density at radius 3 is 2.81 bits per heavy atom. The zero-order valence-electron chi connectivity index (χ0n) is 16.3. The summed E-state index contributed by atoms with van der Waals surface area (Å²) in [6, 6.07) is 13.8. The number of aromatic nitrogens is 4. The van der Waals surface area contributed by atoms with Crippen LogP contribution < -0.4 is 11.3 Å². The molecular weight excluding hydrogens is 398 g/mol. The van der Waals surface area contributed by atoms with Crippen molar-refractivity contribution in [3.05, 3.63) is 64.1 Å². The van der Waals surface area contributed by atoms with Gasteiger partial charge in [-0.05, 0) is 28.8 Å². The Hall–Kier alpha value is -3.71. The predicted molar refractivity (Wildman–Crippen MR) is 114 cm³/mol. The van der Waals surface area contributed by atoms with Crippen LogP contribution in [-0.2, 0) is 4.74 Å². The maximum absolute atomic E-state index is 12.6. The molecule has 5 rings (SSSR count). The van der Waals surface area contributed by atoms with Gasteiger partial charge in [0.1, 0.15) is 11.5 Å². The van der Waals surface area contributed by atoms with Gasteiger partial charge in [-0.3, -0.25) is 9.78 Å². The van der Waals surface area contributed by atoms with E-state index in [0.29, 0.717) is 0 Å². The van der Waals surface area contributed by atoms with Crippen molar-refractivity contribution in [2.45, 2.75) is 24.9 Å². The van der Waals surface area contributed by atoms with Gasteiger partial charge in [-0.15, -0.1) is 0 Å². The third kappa shape index (κ3) is 3.43. The van der Waals surface area contributed by atoms with E-state index in [2.05, 4.69) is 26.9 Å². The minimum Gasteiger partial charge on any atom is -0.394 e. The van der Waals surface area contributed by atoms with Gasteiger partial charge in [-0.2, -0.15) is 10.1 Å². The average molecular weight is 417 g/mol. The number of nitrogens with two attached hydrogens (primary N) is 1. The van der Waals surface area contributed by atoms with Crippen molar-refractivity contribution in [3.63, 3.8) is 0 Å². The minimum atomic E-state index is -0.860. The first-order chi connectivity index (χ1) is 15.0. The summed E-state index contributed by atoms with van der Waals surface area (Å²) in [4.78, 5) is 19.3. The van der Waals surface area contributed by atoms with Gasteiger partial charge in [0, 0.05) is 12.0 Å². The largest absolute Gasteiger partial charge is 0.394 e. The lowest BCUT2D eigenvalue weighted by atomic mass is 10.1. The lowest BCUT2D eigenvalue weighted by Crippen LogP contribution is -2.24. The standard InChI is InChI=1S/C22H19N5O4/c23-22-24-20-19(21(30)25-22)15(26-27(20)18-10-16(29)17(11-28)31-18)8-6-12-5-7-13-3-1-2-4-14(13)9-12/h1-5,7,9,16-18,28-29H,10-11H2,(H3,23,24,25,30)/t16-,17+,18+/m0/s1. The molecule has 9 heteroatoms. The summed E-state index contributed by atoms with van der Waals surface area (Å²) in [6.07, 6.45) is -2.12. The van der Waals surface area contributed by atoms with Crippen molar-refractivity contribution in [2.75, 3.05) is 12.3 Å². The molecule has 1 fully saturated rings. The number of nitrogen functional groups attached to an aromatic ring is 1. The number of aromatic amines is 1. The molecule has 2 aromatic heterocycles. The number of aliphatic hydroxyl groups excluding tert-OH is 2. The summed E-state index contributed by atoms with van der Waals surface area (Å²) < 4.78 is 7.07. The van der Waals surface area contributed by atoms with Crippen LogP contribution in [0.15, 0.2) is 47.3 Å². The smallest absolute Gasteiger partial charge is 0.264 e. The SMILES string of the molecule is Nc1nc2c(c(C#Cc3ccc4ccccc4c3)nn2[C@H]2C[C@H](O)[C@@H](CO)O2)c(=O)[nH]1. The summed E-state index contributed by atoms with van der Waals surface area (Å²) in [6.45, 7) is -0.332.